The van der Waals surface area contributed by atoms with Crippen LogP contribution in [-0.4, -0.2) is 52.7 Å². The van der Waals surface area contributed by atoms with Crippen molar-refractivity contribution in [1.82, 2.24) is 10.2 Å². The van der Waals surface area contributed by atoms with E-state index in [4.69, 9.17) is 5.11 Å². The number of fused-ring (bicyclic) bond motifs is 1. The SMILES string of the molecule is COC(=O)c1n[nH]c2cccc(NCC(O)CO)c12. The van der Waals surface area contributed by atoms with Crippen LogP contribution in [0.15, 0.2) is 18.2 Å². The second-order valence-electron chi connectivity index (χ2n) is 4.01. The Labute approximate surface area is 109 Å². The van der Waals surface area contributed by atoms with Crippen LogP contribution in [0.5, 0.6) is 0 Å². The van der Waals surface area contributed by atoms with Gasteiger partial charge in [-0.05, 0) is 12.1 Å². The third-order valence-corrected chi connectivity index (χ3v) is 2.71. The number of rotatable bonds is 5. The quantitative estimate of drug-likeness (QED) is 0.572. The average Bonchev–Trinajstić information content (AvgIpc) is 2.88. The van der Waals surface area contributed by atoms with Crippen molar-refractivity contribution >= 4 is 22.6 Å². The second kappa shape index (κ2) is 5.68. The highest BCUT2D eigenvalue weighted by Crippen LogP contribution is 2.25. The van der Waals surface area contributed by atoms with Crippen LogP contribution in [0, 0.1) is 0 Å². The summed E-state index contributed by atoms with van der Waals surface area (Å²) in [7, 11) is 1.29. The number of nitrogens with zero attached hydrogens (tertiary/aromatic N) is 1. The molecule has 7 heteroatoms. The number of aromatic nitrogens is 2. The van der Waals surface area contributed by atoms with E-state index in [0.717, 1.165) is 0 Å². The first-order valence-corrected chi connectivity index (χ1v) is 5.75. The van der Waals surface area contributed by atoms with Crippen LogP contribution in [0.3, 0.4) is 0 Å². The third-order valence-electron chi connectivity index (χ3n) is 2.71. The summed E-state index contributed by atoms with van der Waals surface area (Å²) < 4.78 is 4.67. The molecule has 0 aliphatic carbocycles. The summed E-state index contributed by atoms with van der Waals surface area (Å²) >= 11 is 0. The third kappa shape index (κ3) is 2.67. The fourth-order valence-corrected chi connectivity index (χ4v) is 1.76. The molecule has 7 nitrogen and oxygen atoms in total. The van der Waals surface area contributed by atoms with Gasteiger partial charge in [0.1, 0.15) is 0 Å². The van der Waals surface area contributed by atoms with Crippen molar-refractivity contribution in [1.29, 1.82) is 0 Å². The molecule has 1 atom stereocenters. The van der Waals surface area contributed by atoms with Crippen molar-refractivity contribution in [3.05, 3.63) is 23.9 Å². The number of methoxy groups -OCH3 is 1. The molecule has 0 amide bonds. The van der Waals surface area contributed by atoms with E-state index < -0.39 is 12.1 Å². The summed E-state index contributed by atoms with van der Waals surface area (Å²) in [5.41, 5.74) is 1.50. The highest BCUT2D eigenvalue weighted by molar-refractivity contribution is 6.07. The average molecular weight is 265 g/mol. The van der Waals surface area contributed by atoms with Crippen LogP contribution in [0.1, 0.15) is 10.5 Å². The number of aromatic amines is 1. The zero-order chi connectivity index (χ0) is 13.8. The van der Waals surface area contributed by atoms with Gasteiger partial charge in [0.25, 0.3) is 0 Å². The molecule has 19 heavy (non-hydrogen) atoms. The normalized spacial score (nSPS) is 12.4. The molecule has 0 aliphatic rings. The predicted octanol–water partition coefficient (Wildman–Crippen LogP) is 0.115. The minimum Gasteiger partial charge on any atom is -0.464 e. The maximum atomic E-state index is 11.6. The number of ether oxygens (including phenoxy) is 1. The lowest BCUT2D eigenvalue weighted by atomic mass is 10.1. The van der Waals surface area contributed by atoms with Gasteiger partial charge < -0.3 is 20.3 Å². The minimum absolute atomic E-state index is 0.168. The number of hydrogen-bond donors (Lipinski definition) is 4. The fraction of sp³-hybridized carbons (Fsp3) is 0.333. The Bertz CT molecular complexity index is 581. The number of H-pyrrole nitrogens is 1. The topological polar surface area (TPSA) is 107 Å². The summed E-state index contributed by atoms with van der Waals surface area (Å²) in [6.07, 6.45) is -0.872. The van der Waals surface area contributed by atoms with E-state index in [1.807, 2.05) is 0 Å². The van der Waals surface area contributed by atoms with E-state index in [1.54, 1.807) is 18.2 Å². The molecule has 4 N–H and O–H groups in total. The zero-order valence-electron chi connectivity index (χ0n) is 10.4. The molecule has 0 saturated heterocycles. The van der Waals surface area contributed by atoms with Crippen LogP contribution in [0.4, 0.5) is 5.69 Å². The van der Waals surface area contributed by atoms with Gasteiger partial charge in [-0.2, -0.15) is 5.10 Å². The van der Waals surface area contributed by atoms with E-state index in [9.17, 15) is 9.90 Å². The second-order valence-corrected chi connectivity index (χ2v) is 4.01. The Balaban J connectivity index is 2.37. The molecule has 0 radical (unpaired) electrons. The van der Waals surface area contributed by atoms with Crippen molar-refractivity contribution in [3.63, 3.8) is 0 Å². The number of nitrogens with one attached hydrogen (secondary N) is 2. The number of benzene rings is 1. The van der Waals surface area contributed by atoms with Gasteiger partial charge in [0.05, 0.1) is 30.7 Å². The van der Waals surface area contributed by atoms with E-state index in [-0.39, 0.29) is 18.8 Å². The molecule has 1 aromatic heterocycles. The molecule has 0 spiro atoms. The van der Waals surface area contributed by atoms with Crippen LogP contribution in [0.25, 0.3) is 10.9 Å². The Morgan fingerprint density at radius 3 is 3.05 bits per heavy atom. The Morgan fingerprint density at radius 1 is 1.58 bits per heavy atom. The van der Waals surface area contributed by atoms with E-state index in [2.05, 4.69) is 20.3 Å². The van der Waals surface area contributed by atoms with Crippen LogP contribution < -0.4 is 5.32 Å². The molecule has 2 rings (SSSR count). The van der Waals surface area contributed by atoms with Crippen LogP contribution in [-0.2, 0) is 4.74 Å². The highest BCUT2D eigenvalue weighted by Gasteiger charge is 2.17. The molecule has 1 heterocycles. The summed E-state index contributed by atoms with van der Waals surface area (Å²) in [5.74, 6) is -0.539. The molecule has 0 fully saturated rings. The first-order chi connectivity index (χ1) is 9.17. The van der Waals surface area contributed by atoms with Gasteiger partial charge in [0, 0.05) is 12.2 Å². The maximum Gasteiger partial charge on any atom is 0.359 e. The standard InChI is InChI=1S/C12H15N3O4/c1-19-12(18)11-10-8(13-5-7(17)6-16)3-2-4-9(10)14-15-11/h2-4,7,13,16-17H,5-6H2,1H3,(H,14,15). The molecular weight excluding hydrogens is 250 g/mol. The largest absolute Gasteiger partial charge is 0.464 e. The molecule has 0 aliphatic heterocycles. The van der Waals surface area contributed by atoms with Gasteiger partial charge in [-0.25, -0.2) is 4.79 Å². The Kier molecular flexibility index (Phi) is 3.98. The Hall–Kier alpha value is -2.12. The number of esters is 1. The minimum atomic E-state index is -0.872. The molecule has 1 unspecified atom stereocenters. The number of anilines is 1. The number of aliphatic hydroxyl groups is 2. The van der Waals surface area contributed by atoms with Crippen molar-refractivity contribution in [2.24, 2.45) is 0 Å². The van der Waals surface area contributed by atoms with Gasteiger partial charge >= 0.3 is 5.97 Å². The summed E-state index contributed by atoms with van der Waals surface area (Å²) in [5, 5.41) is 28.4. The lowest BCUT2D eigenvalue weighted by Gasteiger charge is -2.11. The van der Waals surface area contributed by atoms with Crippen molar-refractivity contribution in [3.8, 4) is 0 Å². The molecule has 102 valence electrons. The van der Waals surface area contributed by atoms with Crippen molar-refractivity contribution < 1.29 is 19.7 Å². The van der Waals surface area contributed by atoms with Gasteiger partial charge in [-0.15, -0.1) is 0 Å². The molecule has 2 aromatic rings. The molecule has 1 aromatic carbocycles. The lowest BCUT2D eigenvalue weighted by molar-refractivity contribution is 0.0596. The summed E-state index contributed by atoms with van der Waals surface area (Å²) in [6.45, 7) is -0.167. The van der Waals surface area contributed by atoms with E-state index >= 15 is 0 Å². The van der Waals surface area contributed by atoms with Gasteiger partial charge in [-0.3, -0.25) is 5.10 Å². The Morgan fingerprint density at radius 2 is 2.37 bits per heavy atom. The summed E-state index contributed by atoms with van der Waals surface area (Å²) in [4.78, 5) is 11.6. The van der Waals surface area contributed by atoms with E-state index in [1.165, 1.54) is 7.11 Å². The first-order valence-electron chi connectivity index (χ1n) is 5.75. The van der Waals surface area contributed by atoms with E-state index in [0.29, 0.717) is 16.6 Å². The monoisotopic (exact) mass is 265 g/mol. The molecular formula is C12H15N3O4. The molecule has 0 bridgehead atoms. The van der Waals surface area contributed by atoms with Crippen LogP contribution >= 0.6 is 0 Å². The predicted molar refractivity (Wildman–Crippen MR) is 69.0 cm³/mol. The fourth-order valence-electron chi connectivity index (χ4n) is 1.76. The molecule has 0 saturated carbocycles. The van der Waals surface area contributed by atoms with Gasteiger partial charge in [0.15, 0.2) is 5.69 Å². The number of hydrogen-bond acceptors (Lipinski definition) is 6. The number of carbonyl (C=O) groups excluding carboxylic acids is 1. The zero-order valence-corrected chi connectivity index (χ0v) is 10.4. The smallest absolute Gasteiger partial charge is 0.359 e. The van der Waals surface area contributed by atoms with Crippen molar-refractivity contribution in [2.75, 3.05) is 25.6 Å². The highest BCUT2D eigenvalue weighted by atomic mass is 16.5. The van der Waals surface area contributed by atoms with Gasteiger partial charge in [0.2, 0.25) is 0 Å². The lowest BCUT2D eigenvalue weighted by Crippen LogP contribution is -2.23. The number of carbonyl (C=O) groups is 1. The maximum absolute atomic E-state index is 11.6. The van der Waals surface area contributed by atoms with Gasteiger partial charge in [-0.1, -0.05) is 6.07 Å². The first kappa shape index (κ1) is 13.3. The summed E-state index contributed by atoms with van der Waals surface area (Å²) in [6, 6.07) is 5.33. The number of aliphatic hydroxyl groups excluding tert-OH is 2. The van der Waals surface area contributed by atoms with Crippen LogP contribution in [0.2, 0.25) is 0 Å². The van der Waals surface area contributed by atoms with Crippen molar-refractivity contribution in [2.45, 2.75) is 6.10 Å².